The standard InChI is InChI=1S/C23H25N5O3S/c29-23(19-9-2-3-10-20(19)32(30,31)28-13-4-1-5-14-28)24-18-8-6-7-17(15-18)22-25-21(26-27-22)16-11-12-16/h2-3,6-10,15-16H,1,4-5,11-14H2,(H,24,29)(H,25,26,27). The third-order valence-corrected chi connectivity index (χ3v) is 7.87. The fraction of sp³-hybridized carbons (Fsp3) is 0.348. The van der Waals surface area contributed by atoms with Crippen LogP contribution in [0.3, 0.4) is 0 Å². The van der Waals surface area contributed by atoms with Crippen LogP contribution < -0.4 is 5.32 Å². The Kier molecular flexibility index (Phi) is 5.52. The number of amides is 1. The first-order chi connectivity index (χ1) is 15.5. The van der Waals surface area contributed by atoms with Crippen LogP contribution in [0.25, 0.3) is 11.4 Å². The number of hydrogen-bond acceptors (Lipinski definition) is 5. The number of nitrogens with one attached hydrogen (secondary N) is 2. The van der Waals surface area contributed by atoms with Gasteiger partial charge in [0.15, 0.2) is 5.82 Å². The molecule has 1 saturated carbocycles. The number of anilines is 1. The van der Waals surface area contributed by atoms with Crippen molar-refractivity contribution in [3.05, 3.63) is 59.9 Å². The molecule has 2 fully saturated rings. The van der Waals surface area contributed by atoms with Crippen LogP contribution in [0.5, 0.6) is 0 Å². The molecule has 2 N–H and O–H groups in total. The monoisotopic (exact) mass is 451 g/mol. The lowest BCUT2D eigenvalue weighted by Gasteiger charge is -2.26. The van der Waals surface area contributed by atoms with Crippen LogP contribution in [0.2, 0.25) is 0 Å². The van der Waals surface area contributed by atoms with Gasteiger partial charge in [-0.2, -0.15) is 9.40 Å². The maximum Gasteiger partial charge on any atom is 0.257 e. The van der Waals surface area contributed by atoms with Crippen molar-refractivity contribution in [2.45, 2.75) is 42.9 Å². The van der Waals surface area contributed by atoms with Gasteiger partial charge in [0.25, 0.3) is 5.91 Å². The highest BCUT2D eigenvalue weighted by Crippen LogP contribution is 2.38. The molecule has 2 aliphatic rings. The van der Waals surface area contributed by atoms with Crippen molar-refractivity contribution in [3.63, 3.8) is 0 Å². The maximum atomic E-state index is 13.2. The van der Waals surface area contributed by atoms with Crippen LogP contribution in [0, 0.1) is 0 Å². The van der Waals surface area contributed by atoms with E-state index in [-0.39, 0.29) is 10.5 Å². The molecule has 0 unspecified atom stereocenters. The molecular formula is C23H25N5O3S. The summed E-state index contributed by atoms with van der Waals surface area (Å²) in [5, 5.41) is 10.1. The lowest BCUT2D eigenvalue weighted by atomic mass is 10.1. The van der Waals surface area contributed by atoms with Gasteiger partial charge in [0.05, 0.1) is 10.5 Å². The van der Waals surface area contributed by atoms with Gasteiger partial charge in [0, 0.05) is 30.3 Å². The molecule has 1 amide bonds. The van der Waals surface area contributed by atoms with Crippen molar-refractivity contribution in [1.82, 2.24) is 19.5 Å². The highest BCUT2D eigenvalue weighted by Gasteiger charge is 2.30. The predicted octanol–water partition coefficient (Wildman–Crippen LogP) is 3.78. The Balaban J connectivity index is 1.39. The molecule has 166 valence electrons. The summed E-state index contributed by atoms with van der Waals surface area (Å²) in [6.45, 7) is 0.972. The van der Waals surface area contributed by atoms with E-state index in [0.717, 1.165) is 43.5 Å². The van der Waals surface area contributed by atoms with Gasteiger partial charge in [-0.05, 0) is 49.9 Å². The van der Waals surface area contributed by atoms with E-state index in [2.05, 4.69) is 20.5 Å². The molecule has 32 heavy (non-hydrogen) atoms. The van der Waals surface area contributed by atoms with E-state index in [4.69, 9.17) is 0 Å². The first kappa shape index (κ1) is 20.8. The number of carbonyl (C=O) groups is 1. The first-order valence-corrected chi connectivity index (χ1v) is 12.4. The largest absolute Gasteiger partial charge is 0.322 e. The molecule has 2 aromatic carbocycles. The van der Waals surface area contributed by atoms with Gasteiger partial charge in [-0.1, -0.05) is 30.7 Å². The Morgan fingerprint density at radius 1 is 1.03 bits per heavy atom. The zero-order valence-corrected chi connectivity index (χ0v) is 18.4. The van der Waals surface area contributed by atoms with E-state index in [9.17, 15) is 13.2 Å². The number of sulfonamides is 1. The molecule has 0 atom stereocenters. The van der Waals surface area contributed by atoms with Crippen molar-refractivity contribution in [2.24, 2.45) is 0 Å². The summed E-state index contributed by atoms with van der Waals surface area (Å²) in [4.78, 5) is 17.7. The summed E-state index contributed by atoms with van der Waals surface area (Å²) in [6, 6.07) is 13.6. The van der Waals surface area contributed by atoms with Gasteiger partial charge in [0.2, 0.25) is 10.0 Å². The Bertz CT molecular complexity index is 1240. The number of nitrogens with zero attached hydrogens (tertiary/aromatic N) is 3. The van der Waals surface area contributed by atoms with Crippen LogP contribution in [-0.4, -0.2) is 46.9 Å². The van der Waals surface area contributed by atoms with Gasteiger partial charge in [-0.25, -0.2) is 13.4 Å². The van der Waals surface area contributed by atoms with Gasteiger partial charge in [-0.3, -0.25) is 9.89 Å². The van der Waals surface area contributed by atoms with Crippen molar-refractivity contribution < 1.29 is 13.2 Å². The second-order valence-electron chi connectivity index (χ2n) is 8.31. The van der Waals surface area contributed by atoms with E-state index in [1.54, 1.807) is 30.3 Å². The summed E-state index contributed by atoms with van der Waals surface area (Å²) in [7, 11) is -3.73. The predicted molar refractivity (Wildman–Crippen MR) is 121 cm³/mol. The first-order valence-electron chi connectivity index (χ1n) is 11.0. The Morgan fingerprint density at radius 2 is 1.81 bits per heavy atom. The number of H-pyrrole nitrogens is 1. The van der Waals surface area contributed by atoms with E-state index < -0.39 is 15.9 Å². The number of benzene rings is 2. The Labute approximate surface area is 187 Å². The van der Waals surface area contributed by atoms with E-state index in [1.807, 2.05) is 12.1 Å². The highest BCUT2D eigenvalue weighted by atomic mass is 32.2. The third-order valence-electron chi connectivity index (χ3n) is 5.91. The molecule has 2 heterocycles. The summed E-state index contributed by atoms with van der Waals surface area (Å²) < 4.78 is 27.9. The normalized spacial score (nSPS) is 17.2. The second-order valence-corrected chi connectivity index (χ2v) is 10.2. The topological polar surface area (TPSA) is 108 Å². The van der Waals surface area contributed by atoms with Crippen LogP contribution in [0.15, 0.2) is 53.4 Å². The fourth-order valence-corrected chi connectivity index (χ4v) is 5.71. The van der Waals surface area contributed by atoms with Gasteiger partial charge in [0.1, 0.15) is 5.82 Å². The lowest BCUT2D eigenvalue weighted by molar-refractivity contribution is 0.102. The van der Waals surface area contributed by atoms with Crippen molar-refractivity contribution in [2.75, 3.05) is 18.4 Å². The van der Waals surface area contributed by atoms with Crippen LogP contribution in [0.1, 0.15) is 54.2 Å². The zero-order chi connectivity index (χ0) is 22.1. The molecule has 0 spiro atoms. The molecule has 0 bridgehead atoms. The Hall–Kier alpha value is -3.04. The zero-order valence-electron chi connectivity index (χ0n) is 17.6. The molecule has 0 radical (unpaired) electrons. The van der Waals surface area contributed by atoms with E-state index >= 15 is 0 Å². The SMILES string of the molecule is O=C(Nc1cccc(-c2n[nH]c(C3CC3)n2)c1)c1ccccc1S(=O)(=O)N1CCCCC1. The fourth-order valence-electron chi connectivity index (χ4n) is 4.00. The van der Waals surface area contributed by atoms with Crippen molar-refractivity contribution >= 4 is 21.6 Å². The number of aromatic nitrogens is 3. The number of rotatable bonds is 6. The minimum atomic E-state index is -3.73. The van der Waals surface area contributed by atoms with Crippen molar-refractivity contribution in [3.8, 4) is 11.4 Å². The summed E-state index contributed by atoms with van der Waals surface area (Å²) in [5.41, 5.74) is 1.47. The average Bonchev–Trinajstić information content (AvgIpc) is 3.56. The molecule has 5 rings (SSSR count). The van der Waals surface area contributed by atoms with E-state index in [0.29, 0.717) is 30.5 Å². The van der Waals surface area contributed by atoms with Crippen LogP contribution >= 0.6 is 0 Å². The molecule has 1 aliphatic heterocycles. The van der Waals surface area contributed by atoms with Crippen LogP contribution in [-0.2, 0) is 10.0 Å². The number of piperidine rings is 1. The minimum Gasteiger partial charge on any atom is -0.322 e. The number of aromatic amines is 1. The molecule has 1 saturated heterocycles. The van der Waals surface area contributed by atoms with E-state index in [1.165, 1.54) is 10.4 Å². The molecule has 1 aliphatic carbocycles. The number of hydrogen-bond donors (Lipinski definition) is 2. The van der Waals surface area contributed by atoms with Gasteiger partial charge >= 0.3 is 0 Å². The molecular weight excluding hydrogens is 426 g/mol. The average molecular weight is 452 g/mol. The maximum absolute atomic E-state index is 13.2. The Morgan fingerprint density at radius 3 is 2.59 bits per heavy atom. The van der Waals surface area contributed by atoms with Crippen LogP contribution in [0.4, 0.5) is 5.69 Å². The quantitative estimate of drug-likeness (QED) is 0.593. The molecule has 1 aromatic heterocycles. The number of carbonyl (C=O) groups excluding carboxylic acids is 1. The second kappa shape index (κ2) is 8.48. The van der Waals surface area contributed by atoms with Crippen molar-refractivity contribution in [1.29, 1.82) is 0 Å². The summed E-state index contributed by atoms with van der Waals surface area (Å²) >= 11 is 0. The third kappa shape index (κ3) is 4.18. The lowest BCUT2D eigenvalue weighted by Crippen LogP contribution is -2.36. The molecule has 8 nitrogen and oxygen atoms in total. The molecule has 9 heteroatoms. The summed E-state index contributed by atoms with van der Waals surface area (Å²) in [6.07, 6.45) is 4.96. The van der Waals surface area contributed by atoms with Gasteiger partial charge < -0.3 is 5.32 Å². The highest BCUT2D eigenvalue weighted by molar-refractivity contribution is 7.89. The smallest absolute Gasteiger partial charge is 0.257 e. The summed E-state index contributed by atoms with van der Waals surface area (Å²) in [5.74, 6) is 1.48. The molecule has 3 aromatic rings. The van der Waals surface area contributed by atoms with Gasteiger partial charge in [-0.15, -0.1) is 0 Å². The minimum absolute atomic E-state index is 0.0404.